The van der Waals surface area contributed by atoms with Crippen LogP contribution in [0.15, 0.2) is 78.9 Å². The predicted molar refractivity (Wildman–Crippen MR) is 96.4 cm³/mol. The third-order valence-electron chi connectivity index (χ3n) is 3.92. The Morgan fingerprint density at radius 2 is 1.46 bits per heavy atom. The van der Waals surface area contributed by atoms with Crippen LogP contribution in [0.3, 0.4) is 0 Å². The number of hydrogen-bond donors (Lipinski definition) is 0. The molecular formula is C21H15FN2. The van der Waals surface area contributed by atoms with Gasteiger partial charge in [-0.3, -0.25) is 4.57 Å². The van der Waals surface area contributed by atoms with E-state index >= 15 is 0 Å². The lowest BCUT2D eigenvalue weighted by atomic mass is 10.2. The number of rotatable bonds is 3. The molecule has 0 aliphatic heterocycles. The van der Waals surface area contributed by atoms with Gasteiger partial charge in [0.05, 0.1) is 11.0 Å². The van der Waals surface area contributed by atoms with Crippen LogP contribution in [0.2, 0.25) is 0 Å². The maximum absolute atomic E-state index is 13.8. The van der Waals surface area contributed by atoms with Crippen LogP contribution >= 0.6 is 0 Å². The topological polar surface area (TPSA) is 17.8 Å². The van der Waals surface area contributed by atoms with Gasteiger partial charge in [-0.1, -0.05) is 48.5 Å². The highest BCUT2D eigenvalue weighted by Gasteiger charge is 2.09. The molecule has 0 aliphatic rings. The highest BCUT2D eigenvalue weighted by atomic mass is 19.1. The molecule has 1 aromatic heterocycles. The first-order valence-electron chi connectivity index (χ1n) is 7.78. The van der Waals surface area contributed by atoms with Gasteiger partial charge in [0.2, 0.25) is 0 Å². The summed E-state index contributed by atoms with van der Waals surface area (Å²) in [5.74, 6) is 0.529. The van der Waals surface area contributed by atoms with E-state index in [0.717, 1.165) is 22.5 Å². The zero-order valence-corrected chi connectivity index (χ0v) is 12.9. The van der Waals surface area contributed by atoms with Crippen molar-refractivity contribution in [3.63, 3.8) is 0 Å². The third-order valence-corrected chi connectivity index (χ3v) is 3.92. The van der Waals surface area contributed by atoms with E-state index in [2.05, 4.69) is 9.55 Å². The second-order valence-corrected chi connectivity index (χ2v) is 5.48. The van der Waals surface area contributed by atoms with Gasteiger partial charge in [0.25, 0.3) is 0 Å². The Hall–Kier alpha value is -3.20. The summed E-state index contributed by atoms with van der Waals surface area (Å²) in [6, 6.07) is 24.7. The number of fused-ring (bicyclic) bond motifs is 1. The van der Waals surface area contributed by atoms with Gasteiger partial charge in [-0.05, 0) is 42.5 Å². The standard InChI is InChI=1S/C21H15FN2/c22-18-11-5-4-8-16(18)14-15-21-23-19-12-6-7-13-20(19)24(21)17-9-2-1-3-10-17/h1-15H. The second kappa shape index (κ2) is 6.13. The molecular weight excluding hydrogens is 299 g/mol. The summed E-state index contributed by atoms with van der Waals surface area (Å²) in [5.41, 5.74) is 3.51. The summed E-state index contributed by atoms with van der Waals surface area (Å²) in [7, 11) is 0. The number of benzene rings is 3. The van der Waals surface area contributed by atoms with Crippen molar-refractivity contribution in [3.05, 3.63) is 96.1 Å². The Bertz CT molecular complexity index is 1020. The summed E-state index contributed by atoms with van der Waals surface area (Å²) in [5, 5.41) is 0. The van der Waals surface area contributed by atoms with Crippen molar-refractivity contribution in [3.8, 4) is 5.69 Å². The smallest absolute Gasteiger partial charge is 0.138 e. The molecule has 0 unspecified atom stereocenters. The van der Waals surface area contributed by atoms with E-state index in [9.17, 15) is 4.39 Å². The van der Waals surface area contributed by atoms with Crippen LogP contribution in [0.5, 0.6) is 0 Å². The molecule has 0 amide bonds. The minimum absolute atomic E-state index is 0.240. The molecule has 0 N–H and O–H groups in total. The lowest BCUT2D eigenvalue weighted by Crippen LogP contribution is -1.96. The molecule has 24 heavy (non-hydrogen) atoms. The van der Waals surface area contributed by atoms with E-state index < -0.39 is 0 Å². The maximum Gasteiger partial charge on any atom is 0.138 e. The minimum atomic E-state index is -0.240. The van der Waals surface area contributed by atoms with Crippen molar-refractivity contribution >= 4 is 23.2 Å². The van der Waals surface area contributed by atoms with E-state index in [1.165, 1.54) is 6.07 Å². The molecule has 2 nitrogen and oxygen atoms in total. The van der Waals surface area contributed by atoms with Crippen LogP contribution in [0.25, 0.3) is 28.9 Å². The largest absolute Gasteiger partial charge is 0.293 e. The van der Waals surface area contributed by atoms with E-state index in [4.69, 9.17) is 0 Å². The zero-order valence-electron chi connectivity index (χ0n) is 12.9. The SMILES string of the molecule is Fc1ccccc1C=Cc1nc2ccccc2n1-c1ccccc1. The van der Waals surface area contributed by atoms with Gasteiger partial charge in [-0.25, -0.2) is 9.37 Å². The Morgan fingerprint density at radius 1 is 0.750 bits per heavy atom. The number of halogens is 1. The highest BCUT2D eigenvalue weighted by Crippen LogP contribution is 2.23. The van der Waals surface area contributed by atoms with Crippen molar-refractivity contribution in [2.24, 2.45) is 0 Å². The Morgan fingerprint density at radius 3 is 2.29 bits per heavy atom. The highest BCUT2D eigenvalue weighted by molar-refractivity contribution is 5.82. The minimum Gasteiger partial charge on any atom is -0.293 e. The van der Waals surface area contributed by atoms with Crippen molar-refractivity contribution < 1.29 is 4.39 Å². The summed E-state index contributed by atoms with van der Waals surface area (Å²) >= 11 is 0. The molecule has 0 fully saturated rings. The van der Waals surface area contributed by atoms with E-state index in [1.807, 2.05) is 66.7 Å². The number of nitrogens with zero attached hydrogens (tertiary/aromatic N) is 2. The molecule has 1 heterocycles. The lowest BCUT2D eigenvalue weighted by molar-refractivity contribution is 0.625. The van der Waals surface area contributed by atoms with Gasteiger partial charge in [0.15, 0.2) is 0 Å². The maximum atomic E-state index is 13.8. The lowest BCUT2D eigenvalue weighted by Gasteiger charge is -2.06. The molecule has 4 aromatic rings. The van der Waals surface area contributed by atoms with E-state index in [0.29, 0.717) is 5.56 Å². The Labute approximate surface area is 139 Å². The van der Waals surface area contributed by atoms with Crippen molar-refractivity contribution in [2.45, 2.75) is 0 Å². The van der Waals surface area contributed by atoms with Crippen molar-refractivity contribution in [1.82, 2.24) is 9.55 Å². The predicted octanol–water partition coefficient (Wildman–Crippen LogP) is 5.34. The normalized spacial score (nSPS) is 11.4. The molecule has 3 heteroatoms. The summed E-state index contributed by atoms with van der Waals surface area (Å²) in [6.07, 6.45) is 3.61. The quantitative estimate of drug-likeness (QED) is 0.499. The Kier molecular flexibility index (Phi) is 3.67. The van der Waals surface area contributed by atoms with Crippen molar-refractivity contribution in [1.29, 1.82) is 0 Å². The molecule has 0 aliphatic carbocycles. The molecule has 3 aromatic carbocycles. The summed E-state index contributed by atoms with van der Waals surface area (Å²) < 4.78 is 15.9. The number of para-hydroxylation sites is 3. The molecule has 4 rings (SSSR count). The van der Waals surface area contributed by atoms with Crippen LogP contribution < -0.4 is 0 Å². The summed E-state index contributed by atoms with van der Waals surface area (Å²) in [4.78, 5) is 4.69. The zero-order chi connectivity index (χ0) is 16.4. The van der Waals surface area contributed by atoms with Gasteiger partial charge in [-0.15, -0.1) is 0 Å². The van der Waals surface area contributed by atoms with E-state index in [-0.39, 0.29) is 5.82 Å². The fourth-order valence-corrected chi connectivity index (χ4v) is 2.78. The molecule has 116 valence electrons. The van der Waals surface area contributed by atoms with Gasteiger partial charge in [-0.2, -0.15) is 0 Å². The van der Waals surface area contributed by atoms with Gasteiger partial charge in [0.1, 0.15) is 11.6 Å². The van der Waals surface area contributed by atoms with E-state index in [1.54, 1.807) is 18.2 Å². The number of imidazole rings is 1. The second-order valence-electron chi connectivity index (χ2n) is 5.48. The first-order valence-corrected chi connectivity index (χ1v) is 7.78. The first-order chi connectivity index (χ1) is 11.8. The molecule has 0 radical (unpaired) electrons. The molecule has 0 spiro atoms. The number of hydrogen-bond acceptors (Lipinski definition) is 1. The average Bonchev–Trinajstić information content (AvgIpc) is 3.00. The molecule has 0 bridgehead atoms. The van der Waals surface area contributed by atoms with Crippen LogP contribution in [0.4, 0.5) is 4.39 Å². The monoisotopic (exact) mass is 314 g/mol. The fourth-order valence-electron chi connectivity index (χ4n) is 2.78. The van der Waals surface area contributed by atoms with Crippen LogP contribution in [0, 0.1) is 5.82 Å². The first kappa shape index (κ1) is 14.4. The van der Waals surface area contributed by atoms with Crippen LogP contribution in [-0.2, 0) is 0 Å². The van der Waals surface area contributed by atoms with Gasteiger partial charge >= 0.3 is 0 Å². The average molecular weight is 314 g/mol. The van der Waals surface area contributed by atoms with Crippen LogP contribution in [-0.4, -0.2) is 9.55 Å². The molecule has 0 atom stereocenters. The van der Waals surface area contributed by atoms with Gasteiger partial charge in [0, 0.05) is 11.3 Å². The fraction of sp³-hybridized carbons (Fsp3) is 0. The van der Waals surface area contributed by atoms with Gasteiger partial charge < -0.3 is 0 Å². The Balaban J connectivity index is 1.88. The van der Waals surface area contributed by atoms with Crippen LogP contribution in [0.1, 0.15) is 11.4 Å². The van der Waals surface area contributed by atoms with Crippen molar-refractivity contribution in [2.75, 3.05) is 0 Å². The number of aromatic nitrogens is 2. The molecule has 0 saturated carbocycles. The third kappa shape index (κ3) is 2.61. The summed E-state index contributed by atoms with van der Waals surface area (Å²) in [6.45, 7) is 0. The molecule has 0 saturated heterocycles.